The molecule has 0 aromatic rings. The van der Waals surface area contributed by atoms with E-state index in [9.17, 15) is 0 Å². The minimum atomic E-state index is -0.144. The van der Waals surface area contributed by atoms with E-state index in [0.29, 0.717) is 26.4 Å². The molecule has 0 aliphatic rings. The Kier molecular flexibility index (Phi) is 10.3. The second-order valence-corrected chi connectivity index (χ2v) is 3.27. The van der Waals surface area contributed by atoms with Crippen molar-refractivity contribution in [2.45, 2.75) is 39.6 Å². The molecule has 1 unspecified atom stereocenters. The van der Waals surface area contributed by atoms with E-state index in [2.05, 4.69) is 0 Å². The zero-order valence-electron chi connectivity index (χ0n) is 10.3. The fraction of sp³-hybridized carbons (Fsp3) is 1.00. The highest BCUT2D eigenvalue weighted by Crippen LogP contribution is 2.03. The summed E-state index contributed by atoms with van der Waals surface area (Å²) >= 11 is 0. The summed E-state index contributed by atoms with van der Waals surface area (Å²) in [6.07, 6.45) is 0.740. The van der Waals surface area contributed by atoms with Gasteiger partial charge in [-0.05, 0) is 20.8 Å². The molecular weight excluding hydrogens is 196 g/mol. The number of methoxy groups -OCH3 is 1. The van der Waals surface area contributed by atoms with E-state index in [0.717, 1.165) is 6.42 Å². The average Bonchev–Trinajstić information content (AvgIpc) is 2.19. The molecule has 0 aromatic carbocycles. The van der Waals surface area contributed by atoms with Crippen molar-refractivity contribution in [3.8, 4) is 0 Å². The van der Waals surface area contributed by atoms with Crippen LogP contribution in [-0.4, -0.2) is 45.9 Å². The Bertz CT molecular complexity index is 124. The van der Waals surface area contributed by atoms with Crippen LogP contribution in [0.25, 0.3) is 0 Å². The van der Waals surface area contributed by atoms with Crippen molar-refractivity contribution in [1.29, 1.82) is 0 Å². The van der Waals surface area contributed by atoms with Crippen LogP contribution in [-0.2, 0) is 18.9 Å². The topological polar surface area (TPSA) is 36.9 Å². The van der Waals surface area contributed by atoms with Crippen molar-refractivity contribution in [1.82, 2.24) is 0 Å². The van der Waals surface area contributed by atoms with Gasteiger partial charge in [0.25, 0.3) is 0 Å². The molecule has 0 bridgehead atoms. The molecular formula is C11H24O4. The SMILES string of the molecule is CCOC(CCOC(C)COC)OCC. The minimum Gasteiger partial charge on any atom is -0.382 e. The predicted octanol–water partition coefficient (Wildman–Crippen LogP) is 1.83. The Morgan fingerprint density at radius 1 is 1.00 bits per heavy atom. The van der Waals surface area contributed by atoms with E-state index in [1.165, 1.54) is 0 Å². The standard InChI is InChI=1S/C11H24O4/c1-5-13-11(14-6-2)7-8-15-10(3)9-12-4/h10-11H,5-9H2,1-4H3. The Morgan fingerprint density at radius 2 is 1.60 bits per heavy atom. The molecule has 0 aromatic heterocycles. The lowest BCUT2D eigenvalue weighted by atomic mass is 10.4. The highest BCUT2D eigenvalue weighted by Gasteiger charge is 2.08. The summed E-state index contributed by atoms with van der Waals surface area (Å²) in [6.45, 7) is 8.49. The molecule has 0 saturated heterocycles. The molecule has 0 spiro atoms. The largest absolute Gasteiger partial charge is 0.382 e. The fourth-order valence-corrected chi connectivity index (χ4v) is 1.23. The van der Waals surface area contributed by atoms with E-state index in [1.54, 1.807) is 7.11 Å². The maximum absolute atomic E-state index is 5.52. The van der Waals surface area contributed by atoms with Gasteiger partial charge in [0.05, 0.1) is 19.3 Å². The molecule has 0 radical (unpaired) electrons. The van der Waals surface area contributed by atoms with Crippen molar-refractivity contribution in [3.05, 3.63) is 0 Å². The first-order valence-corrected chi connectivity index (χ1v) is 5.58. The molecule has 0 aliphatic heterocycles. The molecule has 4 nitrogen and oxygen atoms in total. The third kappa shape index (κ3) is 8.81. The van der Waals surface area contributed by atoms with Crippen molar-refractivity contribution in [2.24, 2.45) is 0 Å². The maximum atomic E-state index is 5.52. The molecule has 0 rings (SSSR count). The molecule has 0 saturated carbocycles. The Balaban J connectivity index is 3.51. The first-order chi connectivity index (χ1) is 7.24. The van der Waals surface area contributed by atoms with E-state index in [4.69, 9.17) is 18.9 Å². The van der Waals surface area contributed by atoms with Gasteiger partial charge in [0.15, 0.2) is 6.29 Å². The van der Waals surface area contributed by atoms with Crippen LogP contribution in [0.2, 0.25) is 0 Å². The van der Waals surface area contributed by atoms with Gasteiger partial charge in [-0.2, -0.15) is 0 Å². The van der Waals surface area contributed by atoms with Crippen LogP contribution in [0.5, 0.6) is 0 Å². The van der Waals surface area contributed by atoms with Gasteiger partial charge >= 0.3 is 0 Å². The maximum Gasteiger partial charge on any atom is 0.159 e. The highest BCUT2D eigenvalue weighted by atomic mass is 16.7. The van der Waals surface area contributed by atoms with E-state index in [1.807, 2.05) is 20.8 Å². The number of ether oxygens (including phenoxy) is 4. The second-order valence-electron chi connectivity index (χ2n) is 3.27. The van der Waals surface area contributed by atoms with Crippen LogP contribution in [0.3, 0.4) is 0 Å². The first-order valence-electron chi connectivity index (χ1n) is 5.58. The number of rotatable bonds is 10. The van der Waals surface area contributed by atoms with Gasteiger partial charge < -0.3 is 18.9 Å². The summed E-state index contributed by atoms with van der Waals surface area (Å²) < 4.78 is 21.3. The summed E-state index contributed by atoms with van der Waals surface area (Å²) in [5, 5.41) is 0. The third-order valence-corrected chi connectivity index (χ3v) is 1.86. The van der Waals surface area contributed by atoms with Crippen molar-refractivity contribution in [2.75, 3.05) is 33.5 Å². The lowest BCUT2D eigenvalue weighted by molar-refractivity contribution is -0.150. The van der Waals surface area contributed by atoms with Crippen LogP contribution >= 0.6 is 0 Å². The van der Waals surface area contributed by atoms with E-state index >= 15 is 0 Å². The number of hydrogen-bond donors (Lipinski definition) is 0. The molecule has 0 fully saturated rings. The summed E-state index contributed by atoms with van der Waals surface area (Å²) in [4.78, 5) is 0. The van der Waals surface area contributed by atoms with E-state index in [-0.39, 0.29) is 12.4 Å². The quantitative estimate of drug-likeness (QED) is 0.526. The van der Waals surface area contributed by atoms with Gasteiger partial charge in [-0.3, -0.25) is 0 Å². The smallest absolute Gasteiger partial charge is 0.159 e. The van der Waals surface area contributed by atoms with Crippen LogP contribution in [0.4, 0.5) is 0 Å². The van der Waals surface area contributed by atoms with Crippen molar-refractivity contribution in [3.63, 3.8) is 0 Å². The van der Waals surface area contributed by atoms with Crippen molar-refractivity contribution < 1.29 is 18.9 Å². The average molecular weight is 220 g/mol. The second kappa shape index (κ2) is 10.4. The van der Waals surface area contributed by atoms with Crippen LogP contribution < -0.4 is 0 Å². The lowest BCUT2D eigenvalue weighted by Gasteiger charge is -2.18. The van der Waals surface area contributed by atoms with Gasteiger partial charge in [0.2, 0.25) is 0 Å². The molecule has 0 heterocycles. The van der Waals surface area contributed by atoms with Gasteiger partial charge in [-0.15, -0.1) is 0 Å². The molecule has 0 N–H and O–H groups in total. The molecule has 0 aliphatic carbocycles. The monoisotopic (exact) mass is 220 g/mol. The Morgan fingerprint density at radius 3 is 2.07 bits per heavy atom. The van der Waals surface area contributed by atoms with Crippen molar-refractivity contribution >= 4 is 0 Å². The van der Waals surface area contributed by atoms with Gasteiger partial charge in [0, 0.05) is 26.7 Å². The zero-order chi connectivity index (χ0) is 11.5. The van der Waals surface area contributed by atoms with Crippen LogP contribution in [0.15, 0.2) is 0 Å². The summed E-state index contributed by atoms with van der Waals surface area (Å²) in [6, 6.07) is 0. The van der Waals surface area contributed by atoms with Gasteiger partial charge in [-0.25, -0.2) is 0 Å². The minimum absolute atomic E-state index is 0.124. The van der Waals surface area contributed by atoms with Crippen LogP contribution in [0.1, 0.15) is 27.2 Å². The molecule has 4 heteroatoms. The number of hydrogen-bond acceptors (Lipinski definition) is 4. The van der Waals surface area contributed by atoms with Gasteiger partial charge in [-0.1, -0.05) is 0 Å². The van der Waals surface area contributed by atoms with Gasteiger partial charge in [0.1, 0.15) is 0 Å². The lowest BCUT2D eigenvalue weighted by Crippen LogP contribution is -2.22. The first kappa shape index (κ1) is 14.8. The summed E-state index contributed by atoms with van der Waals surface area (Å²) in [5.74, 6) is 0. The Hall–Kier alpha value is -0.160. The summed E-state index contributed by atoms with van der Waals surface area (Å²) in [5.41, 5.74) is 0. The third-order valence-electron chi connectivity index (χ3n) is 1.86. The molecule has 0 amide bonds. The highest BCUT2D eigenvalue weighted by molar-refractivity contribution is 4.49. The molecule has 15 heavy (non-hydrogen) atoms. The van der Waals surface area contributed by atoms with E-state index < -0.39 is 0 Å². The molecule has 92 valence electrons. The predicted molar refractivity (Wildman–Crippen MR) is 58.9 cm³/mol. The summed E-state index contributed by atoms with van der Waals surface area (Å²) in [7, 11) is 1.67. The zero-order valence-corrected chi connectivity index (χ0v) is 10.3. The van der Waals surface area contributed by atoms with Crippen LogP contribution in [0, 0.1) is 0 Å². The molecule has 1 atom stereocenters. The Labute approximate surface area is 92.8 Å². The normalized spacial score (nSPS) is 13.4. The fourth-order valence-electron chi connectivity index (χ4n) is 1.23.